The number of aryl methyl sites for hydroxylation is 1. The first-order valence-corrected chi connectivity index (χ1v) is 7.92. The van der Waals surface area contributed by atoms with Gasteiger partial charge in [-0.25, -0.2) is 5.43 Å². The first-order chi connectivity index (χ1) is 12.7. The molecule has 0 aliphatic carbocycles. The number of hydrogen-bond acceptors (Lipinski definition) is 5. The molecule has 132 valence electrons. The SMILES string of the molecule is COc1ccccc1/C=C/C=NNC(=O)c1cc(-c2ccc(C)o2)[nH]n1. The zero-order valence-electron chi connectivity index (χ0n) is 14.4. The van der Waals surface area contributed by atoms with Crippen molar-refractivity contribution in [1.82, 2.24) is 15.6 Å². The van der Waals surface area contributed by atoms with Crippen LogP contribution in [0.15, 0.2) is 58.1 Å². The summed E-state index contributed by atoms with van der Waals surface area (Å²) >= 11 is 0. The maximum atomic E-state index is 12.0. The highest BCUT2D eigenvalue weighted by atomic mass is 16.5. The number of carbonyl (C=O) groups is 1. The number of H-pyrrole nitrogens is 1. The summed E-state index contributed by atoms with van der Waals surface area (Å²) in [6, 6.07) is 12.9. The Hall–Kier alpha value is -3.61. The number of methoxy groups -OCH3 is 1. The van der Waals surface area contributed by atoms with E-state index in [2.05, 4.69) is 20.7 Å². The Morgan fingerprint density at radius 2 is 2.15 bits per heavy atom. The first kappa shape index (κ1) is 17.2. The van der Waals surface area contributed by atoms with Crippen LogP contribution < -0.4 is 10.2 Å². The van der Waals surface area contributed by atoms with Crippen LogP contribution in [0.3, 0.4) is 0 Å². The molecule has 26 heavy (non-hydrogen) atoms. The summed E-state index contributed by atoms with van der Waals surface area (Å²) in [5, 5.41) is 10.6. The molecule has 0 spiro atoms. The molecule has 3 aromatic rings. The second-order valence-corrected chi connectivity index (χ2v) is 5.40. The van der Waals surface area contributed by atoms with Gasteiger partial charge in [0.05, 0.1) is 7.11 Å². The van der Waals surface area contributed by atoms with Crippen molar-refractivity contribution in [2.45, 2.75) is 6.92 Å². The fraction of sp³-hybridized carbons (Fsp3) is 0.105. The molecule has 2 aromatic heterocycles. The van der Waals surface area contributed by atoms with Gasteiger partial charge >= 0.3 is 0 Å². The lowest BCUT2D eigenvalue weighted by Crippen LogP contribution is -2.17. The summed E-state index contributed by atoms with van der Waals surface area (Å²) in [5.74, 6) is 1.75. The van der Waals surface area contributed by atoms with Crippen LogP contribution in [0.2, 0.25) is 0 Å². The van der Waals surface area contributed by atoms with Gasteiger partial charge in [0, 0.05) is 17.8 Å². The van der Waals surface area contributed by atoms with Gasteiger partial charge in [-0.3, -0.25) is 9.89 Å². The van der Waals surface area contributed by atoms with Gasteiger partial charge in [0.15, 0.2) is 11.5 Å². The van der Waals surface area contributed by atoms with Crippen LogP contribution in [-0.4, -0.2) is 29.4 Å². The fourth-order valence-corrected chi connectivity index (χ4v) is 2.29. The van der Waals surface area contributed by atoms with Crippen molar-refractivity contribution in [2.75, 3.05) is 7.11 Å². The van der Waals surface area contributed by atoms with E-state index < -0.39 is 5.91 Å². The number of hydrogen-bond donors (Lipinski definition) is 2. The monoisotopic (exact) mass is 350 g/mol. The molecule has 2 N–H and O–H groups in total. The molecule has 0 saturated heterocycles. The Morgan fingerprint density at radius 3 is 2.92 bits per heavy atom. The zero-order valence-corrected chi connectivity index (χ0v) is 14.4. The molecular formula is C19H18N4O3. The van der Waals surface area contributed by atoms with Gasteiger partial charge in [0.25, 0.3) is 5.91 Å². The molecule has 0 bridgehead atoms. The molecule has 0 aliphatic heterocycles. The van der Waals surface area contributed by atoms with Crippen LogP contribution >= 0.6 is 0 Å². The van der Waals surface area contributed by atoms with Crippen LogP contribution in [0.25, 0.3) is 17.5 Å². The van der Waals surface area contributed by atoms with E-state index in [0.29, 0.717) is 11.5 Å². The largest absolute Gasteiger partial charge is 0.496 e. The molecule has 7 heteroatoms. The number of nitrogens with zero attached hydrogens (tertiary/aromatic N) is 2. The maximum Gasteiger partial charge on any atom is 0.291 e. The number of nitrogens with one attached hydrogen (secondary N) is 2. The third kappa shape index (κ3) is 4.07. The second kappa shape index (κ2) is 7.98. The van der Waals surface area contributed by atoms with Gasteiger partial charge in [-0.2, -0.15) is 10.2 Å². The molecule has 0 atom stereocenters. The quantitative estimate of drug-likeness (QED) is 0.526. The van der Waals surface area contributed by atoms with Crippen molar-refractivity contribution >= 4 is 18.2 Å². The number of benzene rings is 1. The van der Waals surface area contributed by atoms with Crippen LogP contribution in [0.5, 0.6) is 5.75 Å². The molecule has 3 rings (SSSR count). The summed E-state index contributed by atoms with van der Waals surface area (Å²) in [6.45, 7) is 1.85. The van der Waals surface area contributed by atoms with E-state index >= 15 is 0 Å². The molecular weight excluding hydrogens is 332 g/mol. The van der Waals surface area contributed by atoms with Crippen molar-refractivity contribution in [1.29, 1.82) is 0 Å². The second-order valence-electron chi connectivity index (χ2n) is 5.40. The molecule has 7 nitrogen and oxygen atoms in total. The summed E-state index contributed by atoms with van der Waals surface area (Å²) < 4.78 is 10.7. The van der Waals surface area contributed by atoms with Crippen molar-refractivity contribution in [3.05, 3.63) is 65.6 Å². The lowest BCUT2D eigenvalue weighted by atomic mass is 10.2. The van der Waals surface area contributed by atoms with E-state index in [1.807, 2.05) is 49.4 Å². The van der Waals surface area contributed by atoms with Gasteiger partial charge in [0.2, 0.25) is 0 Å². The van der Waals surface area contributed by atoms with Gasteiger partial charge < -0.3 is 9.15 Å². The number of aromatic amines is 1. The average molecular weight is 350 g/mol. The number of carbonyl (C=O) groups excluding carboxylic acids is 1. The van der Waals surface area contributed by atoms with Crippen LogP contribution in [0.1, 0.15) is 21.8 Å². The Morgan fingerprint density at radius 1 is 1.31 bits per heavy atom. The maximum absolute atomic E-state index is 12.0. The highest BCUT2D eigenvalue weighted by Crippen LogP contribution is 2.20. The fourth-order valence-electron chi connectivity index (χ4n) is 2.29. The molecule has 1 aromatic carbocycles. The molecule has 0 aliphatic rings. The van der Waals surface area contributed by atoms with E-state index in [0.717, 1.165) is 17.1 Å². The van der Waals surface area contributed by atoms with Crippen molar-refractivity contribution in [2.24, 2.45) is 5.10 Å². The lowest BCUT2D eigenvalue weighted by Gasteiger charge is -2.02. The predicted octanol–water partition coefficient (Wildman–Crippen LogP) is 3.42. The molecule has 1 amide bonds. The number of ether oxygens (including phenoxy) is 1. The van der Waals surface area contributed by atoms with Crippen LogP contribution in [0.4, 0.5) is 0 Å². The Kier molecular flexibility index (Phi) is 5.28. The number of rotatable bonds is 6. The topological polar surface area (TPSA) is 92.5 Å². The van der Waals surface area contributed by atoms with Crippen molar-refractivity contribution in [3.8, 4) is 17.2 Å². The van der Waals surface area contributed by atoms with E-state index in [1.165, 1.54) is 6.21 Å². The summed E-state index contributed by atoms with van der Waals surface area (Å²) in [6.07, 6.45) is 5.02. The lowest BCUT2D eigenvalue weighted by molar-refractivity contribution is 0.0950. The molecule has 0 fully saturated rings. The average Bonchev–Trinajstić information content (AvgIpc) is 3.30. The van der Waals surface area contributed by atoms with Gasteiger partial charge in [-0.15, -0.1) is 0 Å². The minimum Gasteiger partial charge on any atom is -0.496 e. The van der Waals surface area contributed by atoms with E-state index in [-0.39, 0.29) is 5.69 Å². The minimum atomic E-state index is -0.419. The smallest absolute Gasteiger partial charge is 0.291 e. The predicted molar refractivity (Wildman–Crippen MR) is 99.0 cm³/mol. The standard InChI is InChI=1S/C19H18N4O3/c1-13-9-10-18(26-13)15-12-16(22-21-15)19(24)23-20-11-5-7-14-6-3-4-8-17(14)25-2/h3-12H,1-2H3,(H,21,22)(H,23,24)/b7-5+,20-11?. The van der Waals surface area contributed by atoms with Crippen LogP contribution in [0, 0.1) is 6.92 Å². The summed E-state index contributed by atoms with van der Waals surface area (Å²) in [4.78, 5) is 12.0. The molecule has 2 heterocycles. The Balaban J connectivity index is 1.58. The highest BCUT2D eigenvalue weighted by Gasteiger charge is 2.12. The first-order valence-electron chi connectivity index (χ1n) is 7.92. The summed E-state index contributed by atoms with van der Waals surface area (Å²) in [7, 11) is 1.61. The molecule has 0 unspecified atom stereocenters. The third-order valence-electron chi connectivity index (χ3n) is 3.56. The minimum absolute atomic E-state index is 0.222. The normalized spacial score (nSPS) is 11.3. The molecule has 0 radical (unpaired) electrons. The van der Waals surface area contributed by atoms with E-state index in [9.17, 15) is 4.79 Å². The van der Waals surface area contributed by atoms with Gasteiger partial charge in [-0.05, 0) is 37.3 Å². The van der Waals surface area contributed by atoms with Crippen molar-refractivity contribution in [3.63, 3.8) is 0 Å². The Bertz CT molecular complexity index is 953. The number of para-hydroxylation sites is 1. The number of aromatic nitrogens is 2. The number of hydrazone groups is 1. The Labute approximate surface area is 150 Å². The van der Waals surface area contributed by atoms with Crippen LogP contribution in [-0.2, 0) is 0 Å². The van der Waals surface area contributed by atoms with Gasteiger partial charge in [0.1, 0.15) is 17.2 Å². The third-order valence-corrected chi connectivity index (χ3v) is 3.56. The highest BCUT2D eigenvalue weighted by molar-refractivity contribution is 5.93. The number of furan rings is 1. The van der Waals surface area contributed by atoms with Crippen molar-refractivity contribution < 1.29 is 13.9 Å². The zero-order chi connectivity index (χ0) is 18.4. The molecule has 0 saturated carbocycles. The number of allylic oxidation sites excluding steroid dienone is 1. The number of amides is 1. The van der Waals surface area contributed by atoms with Gasteiger partial charge in [-0.1, -0.05) is 18.2 Å². The van der Waals surface area contributed by atoms with E-state index in [4.69, 9.17) is 9.15 Å². The summed E-state index contributed by atoms with van der Waals surface area (Å²) in [5.41, 5.74) is 4.18. The van der Waals surface area contributed by atoms with E-state index in [1.54, 1.807) is 19.3 Å².